The van der Waals surface area contributed by atoms with Gasteiger partial charge in [-0.2, -0.15) is 0 Å². The molecule has 9 unspecified atom stereocenters. The Kier molecular flexibility index (Phi) is 7.58. The van der Waals surface area contributed by atoms with Gasteiger partial charge in [-0.1, -0.05) is 32.1 Å². The molecule has 0 aromatic rings. The molecule has 2 aliphatic carbocycles. The van der Waals surface area contributed by atoms with Gasteiger partial charge in [0.1, 0.15) is 24.4 Å². The summed E-state index contributed by atoms with van der Waals surface area (Å²) in [5, 5.41) is 30.6. The van der Waals surface area contributed by atoms with Gasteiger partial charge in [-0.3, -0.25) is 4.79 Å². The summed E-state index contributed by atoms with van der Waals surface area (Å²) in [4.78, 5) is 26.0. The van der Waals surface area contributed by atoms with Gasteiger partial charge in [-0.05, 0) is 43.8 Å². The number of cyclic esters (lactones) is 1. The lowest BCUT2D eigenvalue weighted by atomic mass is 9.51. The van der Waals surface area contributed by atoms with E-state index in [2.05, 4.69) is 6.92 Å². The molecule has 10 heteroatoms. The van der Waals surface area contributed by atoms with Crippen LogP contribution < -0.4 is 0 Å². The molecule has 3 fully saturated rings. The maximum absolute atomic E-state index is 13.0. The van der Waals surface area contributed by atoms with Gasteiger partial charge in [-0.15, -0.1) is 0 Å². The van der Waals surface area contributed by atoms with Crippen molar-refractivity contribution in [3.05, 3.63) is 36.0 Å². The Morgan fingerprint density at radius 3 is 2.62 bits per heavy atom. The van der Waals surface area contributed by atoms with E-state index in [4.69, 9.17) is 23.7 Å². The van der Waals surface area contributed by atoms with Crippen LogP contribution >= 0.6 is 0 Å². The Balaban J connectivity index is 1.50. The molecule has 0 aromatic heterocycles. The Morgan fingerprint density at radius 1 is 1.15 bits per heavy atom. The van der Waals surface area contributed by atoms with E-state index in [0.717, 1.165) is 5.57 Å². The number of carbonyl (C=O) groups is 2. The monoisotopic (exact) mass is 548 g/mol. The molecule has 9 atom stereocenters. The predicted octanol–water partition coefficient (Wildman–Crippen LogP) is 1.71. The van der Waals surface area contributed by atoms with Gasteiger partial charge in [0, 0.05) is 24.3 Å². The normalized spacial score (nSPS) is 45.4. The fraction of sp³-hybridized carbons (Fsp3) is 0.724. The Hall–Kier alpha value is -2.08. The molecule has 39 heavy (non-hydrogen) atoms. The van der Waals surface area contributed by atoms with Crippen LogP contribution in [0.5, 0.6) is 0 Å². The van der Waals surface area contributed by atoms with Crippen molar-refractivity contribution in [2.75, 3.05) is 26.4 Å². The van der Waals surface area contributed by atoms with Crippen molar-refractivity contribution in [2.45, 2.75) is 88.7 Å². The minimum atomic E-state index is -1.95. The maximum atomic E-state index is 13.0. The number of esters is 2. The average Bonchev–Trinajstić information content (AvgIpc) is 3.67. The van der Waals surface area contributed by atoms with Crippen molar-refractivity contribution in [3.8, 4) is 0 Å². The zero-order chi connectivity index (χ0) is 28.1. The fourth-order valence-electron chi connectivity index (χ4n) is 7.08. The lowest BCUT2D eigenvalue weighted by Gasteiger charge is -2.58. The summed E-state index contributed by atoms with van der Waals surface area (Å²) >= 11 is 0. The van der Waals surface area contributed by atoms with Gasteiger partial charge in [0.25, 0.3) is 0 Å². The molecular formula is C29H40O10. The van der Waals surface area contributed by atoms with Crippen LogP contribution in [0.2, 0.25) is 0 Å². The summed E-state index contributed by atoms with van der Waals surface area (Å²) in [7, 11) is 0. The second kappa shape index (κ2) is 10.4. The number of aliphatic hydroxyl groups is 3. The molecule has 2 bridgehead atoms. The molecule has 216 valence electrons. The zero-order valence-corrected chi connectivity index (χ0v) is 22.8. The highest BCUT2D eigenvalue weighted by Crippen LogP contribution is 2.72. The van der Waals surface area contributed by atoms with Crippen molar-refractivity contribution in [3.63, 3.8) is 0 Å². The van der Waals surface area contributed by atoms with Gasteiger partial charge < -0.3 is 39.0 Å². The second-order valence-electron chi connectivity index (χ2n) is 12.0. The first kappa shape index (κ1) is 28.4. The molecule has 3 aliphatic heterocycles. The summed E-state index contributed by atoms with van der Waals surface area (Å²) in [6.45, 7) is 5.92. The maximum Gasteiger partial charge on any atom is 0.331 e. The van der Waals surface area contributed by atoms with Crippen LogP contribution in [-0.2, 0) is 33.3 Å². The zero-order valence-electron chi connectivity index (χ0n) is 22.8. The van der Waals surface area contributed by atoms with Crippen LogP contribution in [0, 0.1) is 16.7 Å². The minimum Gasteiger partial charge on any atom is -0.465 e. The van der Waals surface area contributed by atoms with Crippen molar-refractivity contribution in [1.82, 2.24) is 0 Å². The molecule has 0 aromatic carbocycles. The summed E-state index contributed by atoms with van der Waals surface area (Å²) < 4.78 is 30.2. The van der Waals surface area contributed by atoms with Crippen molar-refractivity contribution in [2.24, 2.45) is 16.7 Å². The van der Waals surface area contributed by atoms with Crippen LogP contribution in [0.15, 0.2) is 36.0 Å². The molecule has 2 spiro atoms. The fourth-order valence-corrected chi connectivity index (χ4v) is 7.08. The van der Waals surface area contributed by atoms with E-state index in [1.165, 1.54) is 31.2 Å². The number of hydrogen-bond acceptors (Lipinski definition) is 10. The topological polar surface area (TPSA) is 144 Å². The number of allylic oxidation sites excluding steroid dienone is 2. The molecule has 1 saturated carbocycles. The first-order valence-electron chi connectivity index (χ1n) is 13.9. The summed E-state index contributed by atoms with van der Waals surface area (Å²) in [6, 6.07) is 0. The quantitative estimate of drug-likeness (QED) is 0.265. The summed E-state index contributed by atoms with van der Waals surface area (Å²) in [5.41, 5.74) is -1.19. The lowest BCUT2D eigenvalue weighted by molar-refractivity contribution is -0.233. The molecule has 0 amide bonds. The van der Waals surface area contributed by atoms with Crippen molar-refractivity contribution in [1.29, 1.82) is 0 Å². The van der Waals surface area contributed by atoms with Crippen LogP contribution in [0.1, 0.15) is 52.9 Å². The van der Waals surface area contributed by atoms with E-state index in [1.807, 2.05) is 13.0 Å². The van der Waals surface area contributed by atoms with Gasteiger partial charge in [0.2, 0.25) is 5.79 Å². The van der Waals surface area contributed by atoms with Gasteiger partial charge >= 0.3 is 11.9 Å². The summed E-state index contributed by atoms with van der Waals surface area (Å²) in [5.74, 6) is -2.99. The Morgan fingerprint density at radius 2 is 1.92 bits per heavy atom. The van der Waals surface area contributed by atoms with E-state index < -0.39 is 46.5 Å². The number of ether oxygens (including phenoxy) is 5. The molecule has 5 aliphatic rings. The van der Waals surface area contributed by atoms with Crippen LogP contribution in [0.4, 0.5) is 0 Å². The van der Waals surface area contributed by atoms with E-state index in [-0.39, 0.29) is 44.2 Å². The largest absolute Gasteiger partial charge is 0.465 e. The Labute approximate surface area is 228 Å². The molecule has 3 heterocycles. The number of epoxide rings is 1. The van der Waals surface area contributed by atoms with E-state index in [1.54, 1.807) is 0 Å². The van der Waals surface area contributed by atoms with Gasteiger partial charge in [-0.25, -0.2) is 4.79 Å². The molecule has 2 saturated heterocycles. The average molecular weight is 549 g/mol. The van der Waals surface area contributed by atoms with Crippen LogP contribution in [0.3, 0.4) is 0 Å². The highest BCUT2D eigenvalue weighted by atomic mass is 16.6. The highest BCUT2D eigenvalue weighted by Gasteiger charge is 2.83. The smallest absolute Gasteiger partial charge is 0.331 e. The predicted molar refractivity (Wildman–Crippen MR) is 137 cm³/mol. The Bertz CT molecular complexity index is 1060. The third kappa shape index (κ3) is 4.69. The first-order chi connectivity index (χ1) is 18.5. The SMILES string of the molecule is CC1CCOC(O)(C(C)O)C=CC=CC(=O)OC2CC3OC4C=C(CO)CCC4(COC(=O)C1)C2(C)C31CO1. The number of carbonyl (C=O) groups excluding carboxylic acids is 2. The van der Waals surface area contributed by atoms with Crippen molar-refractivity contribution >= 4 is 11.9 Å². The minimum absolute atomic E-state index is 0.0671. The van der Waals surface area contributed by atoms with Crippen LogP contribution in [0.25, 0.3) is 0 Å². The van der Waals surface area contributed by atoms with E-state index in [0.29, 0.717) is 32.3 Å². The summed E-state index contributed by atoms with van der Waals surface area (Å²) in [6.07, 6.45) is 7.05. The van der Waals surface area contributed by atoms with Gasteiger partial charge in [0.05, 0.1) is 37.4 Å². The molecular weight excluding hydrogens is 508 g/mol. The standard InChI is InChI=1S/C29H40O10/c1-18-8-11-36-29(34,19(2)31)9-5-4-6-24(32)39-21-14-23-28(17-37-28)26(21,3)27(16-35-25(33)12-18)10-7-20(15-30)13-22(27)38-23/h4-6,9,13,18-19,21-23,30-31,34H,7-8,10-12,14-17H2,1-3H3. The third-order valence-electron chi connectivity index (χ3n) is 9.78. The highest BCUT2D eigenvalue weighted by molar-refractivity contribution is 5.82. The number of hydrogen-bond donors (Lipinski definition) is 3. The van der Waals surface area contributed by atoms with Gasteiger partial charge in [0.15, 0.2) is 0 Å². The van der Waals surface area contributed by atoms with E-state index in [9.17, 15) is 24.9 Å². The molecule has 0 radical (unpaired) electrons. The van der Waals surface area contributed by atoms with E-state index >= 15 is 0 Å². The third-order valence-corrected chi connectivity index (χ3v) is 9.78. The van der Waals surface area contributed by atoms with Crippen molar-refractivity contribution < 1.29 is 48.6 Å². The number of aliphatic hydroxyl groups excluding tert-OH is 2. The molecule has 5 rings (SSSR count). The second-order valence-corrected chi connectivity index (χ2v) is 12.0. The molecule has 3 N–H and O–H groups in total. The van der Waals surface area contributed by atoms with Crippen LogP contribution in [-0.4, -0.2) is 89.5 Å². The molecule has 10 nitrogen and oxygen atoms in total. The lowest BCUT2D eigenvalue weighted by Crippen LogP contribution is -2.66. The number of rotatable bonds is 2. The first-order valence-corrected chi connectivity index (χ1v) is 13.9.